The van der Waals surface area contributed by atoms with Crippen LogP contribution in [-0.4, -0.2) is 0 Å². The molecule has 0 fully saturated rings. The fourth-order valence-electron chi connectivity index (χ4n) is 1.12. The number of nitrogens with zero attached hydrogens (tertiary/aromatic N) is 3. The van der Waals surface area contributed by atoms with E-state index in [1.165, 1.54) is 0 Å². The van der Waals surface area contributed by atoms with Gasteiger partial charge in [-0.05, 0) is 5.53 Å². The van der Waals surface area contributed by atoms with Gasteiger partial charge in [0.15, 0.2) is 23.3 Å². The van der Waals surface area contributed by atoms with E-state index >= 15 is 0 Å². The molecule has 0 aliphatic heterocycles. The average Bonchev–Trinajstić information content (AvgIpc) is 2.24. The zero-order valence-corrected chi connectivity index (χ0v) is 7.81. The Balaban J connectivity index is 3.57. The first-order valence-corrected chi connectivity index (χ1v) is 3.97. The molecule has 86 valence electrons. The summed E-state index contributed by atoms with van der Waals surface area (Å²) in [7, 11) is 0. The summed E-state index contributed by atoms with van der Waals surface area (Å²) in [6.07, 6.45) is 0. The molecule has 8 heteroatoms. The Morgan fingerprint density at radius 2 is 1.31 bits per heavy atom. The topological polar surface area (TPSA) is 48.8 Å². The van der Waals surface area contributed by atoms with Gasteiger partial charge < -0.3 is 0 Å². The van der Waals surface area contributed by atoms with E-state index in [4.69, 9.17) is 5.53 Å². The van der Waals surface area contributed by atoms with Crippen LogP contribution >= 0.6 is 0 Å². The number of azide groups is 1. The van der Waals surface area contributed by atoms with E-state index in [0.29, 0.717) is 0 Å². The summed E-state index contributed by atoms with van der Waals surface area (Å²) in [5.74, 6) is -10.3. The lowest BCUT2D eigenvalue weighted by atomic mass is 10.1. The summed E-state index contributed by atoms with van der Waals surface area (Å²) in [5, 5.41) is 2.87. The SMILES string of the molecule is C[C@H](N=[N+]=[N-])c1c(F)c(F)c(F)c(F)c1F. The molecule has 0 saturated carbocycles. The zero-order valence-electron chi connectivity index (χ0n) is 7.81. The monoisotopic (exact) mass is 237 g/mol. The van der Waals surface area contributed by atoms with Crippen molar-refractivity contribution >= 4 is 0 Å². The number of benzene rings is 1. The fraction of sp³-hybridized carbons (Fsp3) is 0.250. The smallest absolute Gasteiger partial charge is 0.200 e. The average molecular weight is 237 g/mol. The molecule has 0 unspecified atom stereocenters. The molecule has 0 N–H and O–H groups in total. The number of halogens is 5. The minimum Gasteiger partial charge on any atom is -0.203 e. The highest BCUT2D eigenvalue weighted by molar-refractivity contribution is 5.26. The summed E-state index contributed by atoms with van der Waals surface area (Å²) in [5.41, 5.74) is 6.88. The normalized spacial score (nSPS) is 12.1. The van der Waals surface area contributed by atoms with E-state index in [-0.39, 0.29) is 0 Å². The van der Waals surface area contributed by atoms with Gasteiger partial charge in [-0.2, -0.15) is 0 Å². The van der Waals surface area contributed by atoms with Gasteiger partial charge in [-0.3, -0.25) is 0 Å². The molecule has 1 aromatic carbocycles. The van der Waals surface area contributed by atoms with Gasteiger partial charge in [0, 0.05) is 10.5 Å². The molecule has 0 aliphatic carbocycles. The largest absolute Gasteiger partial charge is 0.203 e. The van der Waals surface area contributed by atoms with E-state index < -0.39 is 40.7 Å². The number of hydrogen-bond donors (Lipinski definition) is 0. The lowest BCUT2D eigenvalue weighted by molar-refractivity contribution is 0.365. The highest BCUT2D eigenvalue weighted by atomic mass is 19.2. The van der Waals surface area contributed by atoms with Crippen molar-refractivity contribution in [3.05, 3.63) is 45.1 Å². The summed E-state index contributed by atoms with van der Waals surface area (Å²) < 4.78 is 64.2. The van der Waals surface area contributed by atoms with Crippen LogP contribution in [0.25, 0.3) is 10.4 Å². The minimum atomic E-state index is -2.24. The number of hydrogen-bond acceptors (Lipinski definition) is 1. The van der Waals surface area contributed by atoms with Crippen LogP contribution in [0.3, 0.4) is 0 Å². The molecule has 0 radical (unpaired) electrons. The maximum absolute atomic E-state index is 13.1. The third-order valence-corrected chi connectivity index (χ3v) is 1.89. The van der Waals surface area contributed by atoms with Crippen molar-refractivity contribution in [2.75, 3.05) is 0 Å². The van der Waals surface area contributed by atoms with Crippen molar-refractivity contribution in [2.45, 2.75) is 13.0 Å². The summed E-state index contributed by atoms with van der Waals surface area (Å²) in [4.78, 5) is 2.23. The van der Waals surface area contributed by atoms with Gasteiger partial charge in [-0.1, -0.05) is 12.0 Å². The van der Waals surface area contributed by atoms with Crippen molar-refractivity contribution in [1.82, 2.24) is 0 Å². The quantitative estimate of drug-likeness (QED) is 0.188. The lowest BCUT2D eigenvalue weighted by Crippen LogP contribution is -2.08. The van der Waals surface area contributed by atoms with Crippen LogP contribution in [0.5, 0.6) is 0 Å². The Labute approximate surface area is 86.1 Å². The molecule has 0 heterocycles. The Kier molecular flexibility index (Phi) is 3.34. The molecule has 0 bridgehead atoms. The molecule has 1 aromatic rings. The van der Waals surface area contributed by atoms with Crippen LogP contribution in [0, 0.1) is 29.1 Å². The van der Waals surface area contributed by atoms with Gasteiger partial charge in [0.25, 0.3) is 0 Å². The highest BCUT2D eigenvalue weighted by Gasteiger charge is 2.27. The third-order valence-electron chi connectivity index (χ3n) is 1.89. The van der Waals surface area contributed by atoms with Gasteiger partial charge in [0.05, 0.1) is 6.04 Å². The van der Waals surface area contributed by atoms with Crippen LogP contribution in [0.4, 0.5) is 22.0 Å². The molecule has 1 atom stereocenters. The molecule has 0 saturated heterocycles. The van der Waals surface area contributed by atoms with Crippen molar-refractivity contribution in [3.63, 3.8) is 0 Å². The van der Waals surface area contributed by atoms with E-state index in [0.717, 1.165) is 6.92 Å². The fourth-order valence-corrected chi connectivity index (χ4v) is 1.12. The van der Waals surface area contributed by atoms with E-state index in [1.54, 1.807) is 0 Å². The molecule has 0 aliphatic rings. The summed E-state index contributed by atoms with van der Waals surface area (Å²) in [6, 6.07) is -1.49. The molecular formula is C8H4F5N3. The highest BCUT2D eigenvalue weighted by Crippen LogP contribution is 2.29. The van der Waals surface area contributed by atoms with Gasteiger partial charge in [-0.25, -0.2) is 22.0 Å². The van der Waals surface area contributed by atoms with E-state index in [9.17, 15) is 22.0 Å². The first-order chi connectivity index (χ1) is 7.41. The molecule has 0 aromatic heterocycles. The van der Waals surface area contributed by atoms with Crippen molar-refractivity contribution < 1.29 is 22.0 Å². The number of rotatable bonds is 2. The third kappa shape index (κ3) is 1.79. The minimum absolute atomic E-state index is 1.01. The second kappa shape index (κ2) is 4.36. The first-order valence-electron chi connectivity index (χ1n) is 3.97. The summed E-state index contributed by atoms with van der Waals surface area (Å²) >= 11 is 0. The van der Waals surface area contributed by atoms with E-state index in [2.05, 4.69) is 10.0 Å². The zero-order chi connectivity index (χ0) is 12.5. The molecule has 0 amide bonds. The second-order valence-electron chi connectivity index (χ2n) is 2.86. The summed E-state index contributed by atoms with van der Waals surface area (Å²) in [6.45, 7) is 1.01. The van der Waals surface area contributed by atoms with Crippen LogP contribution in [-0.2, 0) is 0 Å². The maximum atomic E-state index is 13.1. The standard InChI is InChI=1S/C8H4F5N3/c1-2(15-16-14)3-4(9)6(11)8(13)7(12)5(3)10/h2H,1H3/t2-/m0/s1. The second-order valence-corrected chi connectivity index (χ2v) is 2.86. The van der Waals surface area contributed by atoms with Gasteiger partial charge >= 0.3 is 0 Å². The maximum Gasteiger partial charge on any atom is 0.200 e. The molecular weight excluding hydrogens is 233 g/mol. The lowest BCUT2D eigenvalue weighted by Gasteiger charge is -2.10. The Hall–Kier alpha value is -1.82. The predicted octanol–water partition coefficient (Wildman–Crippen LogP) is 3.75. The first kappa shape index (κ1) is 12.3. The van der Waals surface area contributed by atoms with Crippen LogP contribution in [0.15, 0.2) is 5.11 Å². The molecule has 1 rings (SSSR count). The van der Waals surface area contributed by atoms with Gasteiger partial charge in [0.2, 0.25) is 5.82 Å². The Morgan fingerprint density at radius 1 is 0.938 bits per heavy atom. The predicted molar refractivity (Wildman–Crippen MR) is 43.8 cm³/mol. The van der Waals surface area contributed by atoms with Crippen LogP contribution < -0.4 is 0 Å². The Bertz CT molecular complexity index is 452. The van der Waals surface area contributed by atoms with E-state index in [1.807, 2.05) is 0 Å². The molecule has 3 nitrogen and oxygen atoms in total. The van der Waals surface area contributed by atoms with Crippen LogP contribution in [0.2, 0.25) is 0 Å². The molecule has 0 spiro atoms. The molecule has 16 heavy (non-hydrogen) atoms. The van der Waals surface area contributed by atoms with Crippen LogP contribution in [0.1, 0.15) is 18.5 Å². The van der Waals surface area contributed by atoms with Crippen molar-refractivity contribution in [2.24, 2.45) is 5.11 Å². The van der Waals surface area contributed by atoms with Crippen molar-refractivity contribution in [1.29, 1.82) is 0 Å². The van der Waals surface area contributed by atoms with Crippen molar-refractivity contribution in [3.8, 4) is 0 Å². The van der Waals surface area contributed by atoms with Gasteiger partial charge in [-0.15, -0.1) is 0 Å². The Morgan fingerprint density at radius 3 is 1.69 bits per heavy atom. The van der Waals surface area contributed by atoms with Gasteiger partial charge in [0.1, 0.15) is 0 Å².